The number of hydrogen-bond donors (Lipinski definition) is 1. The molecule has 1 aliphatic rings. The molecule has 0 aromatic heterocycles. The summed E-state index contributed by atoms with van der Waals surface area (Å²) in [5.74, 6) is 0.762. The maximum atomic E-state index is 11.4. The lowest BCUT2D eigenvalue weighted by Crippen LogP contribution is -1.91. The normalized spacial score (nSPS) is 18.1. The summed E-state index contributed by atoms with van der Waals surface area (Å²) in [6.07, 6.45) is 4.26. The van der Waals surface area contributed by atoms with Crippen LogP contribution in [0.1, 0.15) is 24.8 Å². The first-order chi connectivity index (χ1) is 7.70. The molecule has 1 saturated carbocycles. The van der Waals surface area contributed by atoms with Crippen LogP contribution in [0.15, 0.2) is 23.8 Å². The average Bonchev–Trinajstić information content (AvgIpc) is 2.65. The molecule has 0 bridgehead atoms. The Kier molecular flexibility index (Phi) is 2.95. The van der Waals surface area contributed by atoms with Gasteiger partial charge in [-0.1, -0.05) is 6.07 Å². The SMILES string of the molecule is COc1ccc(/C=C2/CCCC2=O)cc1O. The molecule has 1 fully saturated rings. The van der Waals surface area contributed by atoms with E-state index in [4.69, 9.17) is 4.74 Å². The van der Waals surface area contributed by atoms with E-state index >= 15 is 0 Å². The largest absolute Gasteiger partial charge is 0.504 e. The Morgan fingerprint density at radius 2 is 2.19 bits per heavy atom. The van der Waals surface area contributed by atoms with Crippen molar-refractivity contribution in [2.75, 3.05) is 7.11 Å². The second-order valence-corrected chi connectivity index (χ2v) is 3.88. The standard InChI is InChI=1S/C13H14O3/c1-16-13-6-5-9(8-12(13)15)7-10-3-2-4-11(10)14/h5-8,15H,2-4H2,1H3/b10-7-. The van der Waals surface area contributed by atoms with Gasteiger partial charge in [-0.25, -0.2) is 0 Å². The van der Waals surface area contributed by atoms with Crippen molar-refractivity contribution in [1.82, 2.24) is 0 Å². The van der Waals surface area contributed by atoms with E-state index in [9.17, 15) is 9.90 Å². The zero-order chi connectivity index (χ0) is 11.5. The topological polar surface area (TPSA) is 46.5 Å². The number of hydrogen-bond acceptors (Lipinski definition) is 3. The monoisotopic (exact) mass is 218 g/mol. The number of methoxy groups -OCH3 is 1. The van der Waals surface area contributed by atoms with Gasteiger partial charge in [-0.15, -0.1) is 0 Å². The van der Waals surface area contributed by atoms with Crippen LogP contribution in [0, 0.1) is 0 Å². The predicted octanol–water partition coefficient (Wildman–Crippen LogP) is 2.54. The number of ketones is 1. The second-order valence-electron chi connectivity index (χ2n) is 3.88. The van der Waals surface area contributed by atoms with Crippen molar-refractivity contribution in [3.63, 3.8) is 0 Å². The third-order valence-electron chi connectivity index (χ3n) is 2.75. The summed E-state index contributed by atoms with van der Waals surface area (Å²) in [6.45, 7) is 0. The van der Waals surface area contributed by atoms with Crippen LogP contribution in [0.3, 0.4) is 0 Å². The molecule has 16 heavy (non-hydrogen) atoms. The van der Waals surface area contributed by atoms with E-state index < -0.39 is 0 Å². The number of rotatable bonds is 2. The van der Waals surface area contributed by atoms with Crippen molar-refractivity contribution >= 4 is 11.9 Å². The number of benzene rings is 1. The number of carbonyl (C=O) groups excluding carboxylic acids is 1. The predicted molar refractivity (Wildman–Crippen MR) is 61.5 cm³/mol. The van der Waals surface area contributed by atoms with E-state index in [1.165, 1.54) is 7.11 Å². The van der Waals surface area contributed by atoms with Crippen LogP contribution in [0.2, 0.25) is 0 Å². The van der Waals surface area contributed by atoms with Crippen molar-refractivity contribution in [2.24, 2.45) is 0 Å². The van der Waals surface area contributed by atoms with E-state index in [2.05, 4.69) is 0 Å². The summed E-state index contributed by atoms with van der Waals surface area (Å²) < 4.78 is 4.95. The number of phenolic OH excluding ortho intramolecular Hbond substituents is 1. The van der Waals surface area contributed by atoms with E-state index in [0.29, 0.717) is 12.2 Å². The molecule has 1 N–H and O–H groups in total. The zero-order valence-electron chi connectivity index (χ0n) is 9.19. The highest BCUT2D eigenvalue weighted by Gasteiger charge is 2.16. The van der Waals surface area contributed by atoms with Gasteiger partial charge in [0.05, 0.1) is 7.11 Å². The molecule has 0 spiro atoms. The molecule has 2 rings (SSSR count). The number of carbonyl (C=O) groups is 1. The molecule has 1 aliphatic carbocycles. The molecule has 3 nitrogen and oxygen atoms in total. The molecule has 0 radical (unpaired) electrons. The number of ether oxygens (including phenoxy) is 1. The molecular formula is C13H14O3. The minimum Gasteiger partial charge on any atom is -0.504 e. The number of allylic oxidation sites excluding steroid dienone is 1. The maximum Gasteiger partial charge on any atom is 0.160 e. The van der Waals surface area contributed by atoms with Crippen LogP contribution in [0.25, 0.3) is 6.08 Å². The summed E-state index contributed by atoms with van der Waals surface area (Å²) in [5, 5.41) is 9.59. The Morgan fingerprint density at radius 1 is 1.38 bits per heavy atom. The molecule has 3 heteroatoms. The van der Waals surface area contributed by atoms with Gasteiger partial charge in [0.1, 0.15) is 0 Å². The highest BCUT2D eigenvalue weighted by Crippen LogP contribution is 2.29. The van der Waals surface area contributed by atoms with Gasteiger partial charge in [-0.2, -0.15) is 0 Å². The van der Waals surface area contributed by atoms with Crippen LogP contribution in [-0.4, -0.2) is 18.0 Å². The highest BCUT2D eigenvalue weighted by molar-refractivity contribution is 6.01. The van der Waals surface area contributed by atoms with Gasteiger partial charge in [0.25, 0.3) is 0 Å². The maximum absolute atomic E-state index is 11.4. The Labute approximate surface area is 94.4 Å². The van der Waals surface area contributed by atoms with Crippen molar-refractivity contribution in [1.29, 1.82) is 0 Å². The van der Waals surface area contributed by atoms with E-state index in [1.807, 2.05) is 12.1 Å². The van der Waals surface area contributed by atoms with Crippen LogP contribution >= 0.6 is 0 Å². The fourth-order valence-electron chi connectivity index (χ4n) is 1.89. The third-order valence-corrected chi connectivity index (χ3v) is 2.75. The van der Waals surface area contributed by atoms with Gasteiger partial charge in [0.2, 0.25) is 0 Å². The first kappa shape index (κ1) is 10.7. The van der Waals surface area contributed by atoms with Gasteiger partial charge in [-0.3, -0.25) is 4.79 Å². The lowest BCUT2D eigenvalue weighted by molar-refractivity contribution is -0.114. The van der Waals surface area contributed by atoms with Gasteiger partial charge < -0.3 is 9.84 Å². The summed E-state index contributed by atoms with van der Waals surface area (Å²) in [4.78, 5) is 11.4. The highest BCUT2D eigenvalue weighted by atomic mass is 16.5. The van der Waals surface area contributed by atoms with Gasteiger partial charge in [0, 0.05) is 6.42 Å². The minimum atomic E-state index is 0.0993. The summed E-state index contributed by atoms with van der Waals surface area (Å²) in [6, 6.07) is 5.13. The number of aromatic hydroxyl groups is 1. The molecular weight excluding hydrogens is 204 g/mol. The van der Waals surface area contributed by atoms with E-state index in [-0.39, 0.29) is 11.5 Å². The molecule has 0 unspecified atom stereocenters. The van der Waals surface area contributed by atoms with Crippen LogP contribution < -0.4 is 4.74 Å². The Balaban J connectivity index is 2.28. The minimum absolute atomic E-state index is 0.0993. The van der Waals surface area contributed by atoms with Gasteiger partial charge >= 0.3 is 0 Å². The molecule has 0 atom stereocenters. The Morgan fingerprint density at radius 3 is 2.75 bits per heavy atom. The van der Waals surface area contributed by atoms with E-state index in [1.54, 1.807) is 12.1 Å². The fraction of sp³-hybridized carbons (Fsp3) is 0.308. The smallest absolute Gasteiger partial charge is 0.160 e. The molecule has 1 aromatic rings. The molecule has 0 saturated heterocycles. The summed E-state index contributed by atoms with van der Waals surface area (Å²) in [7, 11) is 1.51. The molecule has 0 aliphatic heterocycles. The van der Waals surface area contributed by atoms with Crippen molar-refractivity contribution in [2.45, 2.75) is 19.3 Å². The first-order valence-corrected chi connectivity index (χ1v) is 5.31. The Bertz CT molecular complexity index is 446. The summed E-state index contributed by atoms with van der Waals surface area (Å²) >= 11 is 0. The molecule has 1 aromatic carbocycles. The van der Waals surface area contributed by atoms with Crippen LogP contribution in [0.4, 0.5) is 0 Å². The van der Waals surface area contributed by atoms with Crippen LogP contribution in [-0.2, 0) is 4.79 Å². The van der Waals surface area contributed by atoms with E-state index in [0.717, 1.165) is 24.0 Å². The van der Waals surface area contributed by atoms with Crippen LogP contribution in [0.5, 0.6) is 11.5 Å². The van der Waals surface area contributed by atoms with Crippen molar-refractivity contribution in [3.05, 3.63) is 29.3 Å². The molecule has 0 amide bonds. The van der Waals surface area contributed by atoms with Gasteiger partial charge in [-0.05, 0) is 42.2 Å². The quantitative estimate of drug-likeness (QED) is 0.776. The van der Waals surface area contributed by atoms with Crippen molar-refractivity contribution in [3.8, 4) is 11.5 Å². The zero-order valence-corrected chi connectivity index (χ0v) is 9.19. The Hall–Kier alpha value is -1.77. The average molecular weight is 218 g/mol. The second kappa shape index (κ2) is 4.39. The lowest BCUT2D eigenvalue weighted by atomic mass is 10.1. The lowest BCUT2D eigenvalue weighted by Gasteiger charge is -2.04. The fourth-order valence-corrected chi connectivity index (χ4v) is 1.89. The number of phenols is 1. The van der Waals surface area contributed by atoms with Crippen molar-refractivity contribution < 1.29 is 14.6 Å². The number of Topliss-reactive ketones (excluding diaryl/α,β-unsaturated/α-hetero) is 1. The molecule has 84 valence electrons. The summed E-state index contributed by atoms with van der Waals surface area (Å²) in [5.41, 5.74) is 1.69. The molecule has 0 heterocycles. The van der Waals surface area contributed by atoms with Gasteiger partial charge in [0.15, 0.2) is 17.3 Å². The first-order valence-electron chi connectivity index (χ1n) is 5.31. The third kappa shape index (κ3) is 2.08.